The Kier molecular flexibility index (Phi) is 6.27. The Morgan fingerprint density at radius 1 is 1.15 bits per heavy atom. The van der Waals surface area contributed by atoms with Gasteiger partial charge in [0.1, 0.15) is 5.75 Å². The lowest BCUT2D eigenvalue weighted by atomic mass is 10.1. The molecule has 2 amide bonds. The van der Waals surface area contributed by atoms with Crippen LogP contribution in [0.2, 0.25) is 0 Å². The number of nitrogens with two attached hydrogens (primary N) is 1. The van der Waals surface area contributed by atoms with Gasteiger partial charge in [-0.05, 0) is 68.2 Å². The van der Waals surface area contributed by atoms with E-state index in [1.54, 1.807) is 48.5 Å². The van der Waals surface area contributed by atoms with Gasteiger partial charge in [-0.2, -0.15) is 0 Å². The Hall–Kier alpha value is -3.06. The van der Waals surface area contributed by atoms with Crippen LogP contribution < -0.4 is 26.4 Å². The molecule has 0 unspecified atom stereocenters. The lowest BCUT2D eigenvalue weighted by Gasteiger charge is -2.10. The predicted molar refractivity (Wildman–Crippen MR) is 105 cm³/mol. The Balaban J connectivity index is 1.47. The second kappa shape index (κ2) is 9.05. The molecule has 0 spiro atoms. The van der Waals surface area contributed by atoms with E-state index in [1.165, 1.54) is 0 Å². The van der Waals surface area contributed by atoms with Crippen molar-refractivity contribution >= 4 is 23.4 Å². The molecular weight excluding hydrogens is 344 g/mol. The zero-order valence-corrected chi connectivity index (χ0v) is 15.0. The largest absolute Gasteiger partial charge is 0.412 e. The molecule has 0 saturated carbocycles. The van der Waals surface area contributed by atoms with Crippen LogP contribution in [0.5, 0.6) is 5.75 Å². The van der Waals surface area contributed by atoms with E-state index in [4.69, 9.17) is 10.5 Å². The SMILES string of the molecule is Nc1ccccc1NC(=O)c1ccc(OC(=O)NCC[C@@H]2CCNC2)cc1. The van der Waals surface area contributed by atoms with Crippen molar-refractivity contribution in [2.75, 3.05) is 30.7 Å². The quantitative estimate of drug-likeness (QED) is 0.587. The summed E-state index contributed by atoms with van der Waals surface area (Å²) < 4.78 is 5.23. The molecule has 1 saturated heterocycles. The number of carbonyl (C=O) groups excluding carboxylic acids is 2. The van der Waals surface area contributed by atoms with E-state index in [2.05, 4.69) is 16.0 Å². The summed E-state index contributed by atoms with van der Waals surface area (Å²) in [7, 11) is 0. The van der Waals surface area contributed by atoms with E-state index in [0.29, 0.717) is 35.2 Å². The summed E-state index contributed by atoms with van der Waals surface area (Å²) in [6, 6.07) is 13.4. The molecule has 1 atom stereocenters. The summed E-state index contributed by atoms with van der Waals surface area (Å²) in [4.78, 5) is 24.1. The summed E-state index contributed by atoms with van der Waals surface area (Å²) in [5.41, 5.74) is 7.32. The van der Waals surface area contributed by atoms with Crippen LogP contribution in [-0.4, -0.2) is 31.6 Å². The number of hydrogen-bond donors (Lipinski definition) is 4. The minimum atomic E-state index is -0.491. The zero-order chi connectivity index (χ0) is 19.1. The smallest absolute Gasteiger partial charge is 0.410 e. The number of nitrogen functional groups attached to an aromatic ring is 1. The molecule has 27 heavy (non-hydrogen) atoms. The maximum atomic E-state index is 12.3. The Labute approximate surface area is 158 Å². The molecule has 0 radical (unpaired) electrons. The highest BCUT2D eigenvalue weighted by atomic mass is 16.6. The average Bonchev–Trinajstić information content (AvgIpc) is 3.17. The van der Waals surface area contributed by atoms with Gasteiger partial charge in [-0.25, -0.2) is 4.79 Å². The fraction of sp³-hybridized carbons (Fsp3) is 0.300. The Bertz CT molecular complexity index is 786. The summed E-state index contributed by atoms with van der Waals surface area (Å²) >= 11 is 0. The standard InChI is InChI=1S/C20H24N4O3/c21-17-3-1-2-4-18(17)24-19(25)15-5-7-16(8-6-15)27-20(26)23-12-10-14-9-11-22-13-14/h1-8,14,22H,9-13,21H2,(H,23,26)(H,24,25)/t14-/m0/s1. The summed E-state index contributed by atoms with van der Waals surface area (Å²) in [6.45, 7) is 2.64. The first-order valence-corrected chi connectivity index (χ1v) is 9.04. The number of amides is 2. The molecule has 0 bridgehead atoms. The molecule has 1 aliphatic rings. The summed E-state index contributed by atoms with van der Waals surface area (Å²) in [5, 5.41) is 8.80. The summed E-state index contributed by atoms with van der Waals surface area (Å²) in [5.74, 6) is 0.710. The van der Waals surface area contributed by atoms with Gasteiger partial charge in [-0.3, -0.25) is 4.79 Å². The third kappa shape index (κ3) is 5.46. The van der Waals surface area contributed by atoms with Crippen LogP contribution in [-0.2, 0) is 0 Å². The van der Waals surface area contributed by atoms with Gasteiger partial charge in [0.25, 0.3) is 5.91 Å². The van der Waals surface area contributed by atoms with E-state index in [-0.39, 0.29) is 5.91 Å². The molecular formula is C20H24N4O3. The van der Waals surface area contributed by atoms with Gasteiger partial charge < -0.3 is 26.4 Å². The molecule has 3 rings (SSSR count). The fourth-order valence-corrected chi connectivity index (χ4v) is 2.96. The van der Waals surface area contributed by atoms with Gasteiger partial charge >= 0.3 is 6.09 Å². The van der Waals surface area contributed by atoms with E-state index < -0.39 is 6.09 Å². The highest BCUT2D eigenvalue weighted by Gasteiger charge is 2.14. The number of benzene rings is 2. The maximum absolute atomic E-state index is 12.3. The van der Waals surface area contributed by atoms with Crippen LogP contribution in [0.3, 0.4) is 0 Å². The van der Waals surface area contributed by atoms with Gasteiger partial charge in [-0.1, -0.05) is 12.1 Å². The maximum Gasteiger partial charge on any atom is 0.412 e. The van der Waals surface area contributed by atoms with Gasteiger partial charge in [0.15, 0.2) is 0 Å². The third-order valence-corrected chi connectivity index (χ3v) is 4.52. The van der Waals surface area contributed by atoms with Gasteiger partial charge in [0.05, 0.1) is 11.4 Å². The molecule has 2 aromatic rings. The van der Waals surface area contributed by atoms with Crippen molar-refractivity contribution in [1.29, 1.82) is 0 Å². The second-order valence-electron chi connectivity index (χ2n) is 6.53. The van der Waals surface area contributed by atoms with Crippen LogP contribution in [0.4, 0.5) is 16.2 Å². The first-order chi connectivity index (χ1) is 13.1. The molecule has 5 N–H and O–H groups in total. The molecule has 1 aliphatic heterocycles. The predicted octanol–water partition coefficient (Wildman–Crippen LogP) is 2.61. The van der Waals surface area contributed by atoms with Crippen LogP contribution in [0, 0.1) is 5.92 Å². The molecule has 1 fully saturated rings. The number of nitrogens with one attached hydrogen (secondary N) is 3. The molecule has 7 nitrogen and oxygen atoms in total. The van der Waals surface area contributed by atoms with Gasteiger partial charge in [0, 0.05) is 12.1 Å². The number of carbonyl (C=O) groups is 2. The van der Waals surface area contributed by atoms with E-state index in [9.17, 15) is 9.59 Å². The topological polar surface area (TPSA) is 105 Å². The number of ether oxygens (including phenoxy) is 1. The van der Waals surface area contributed by atoms with Gasteiger partial charge in [-0.15, -0.1) is 0 Å². The van der Waals surface area contributed by atoms with Crippen LogP contribution in [0.25, 0.3) is 0 Å². The fourth-order valence-electron chi connectivity index (χ4n) is 2.96. The van der Waals surface area contributed by atoms with Crippen LogP contribution in [0.1, 0.15) is 23.2 Å². The average molecular weight is 368 g/mol. The van der Waals surface area contributed by atoms with Crippen molar-refractivity contribution in [1.82, 2.24) is 10.6 Å². The Morgan fingerprint density at radius 3 is 2.63 bits per heavy atom. The van der Waals surface area contributed by atoms with E-state index in [1.807, 2.05) is 0 Å². The lowest BCUT2D eigenvalue weighted by Crippen LogP contribution is -2.29. The molecule has 1 heterocycles. The first kappa shape index (κ1) is 18.7. The van der Waals surface area contributed by atoms with Crippen molar-refractivity contribution in [2.45, 2.75) is 12.8 Å². The molecule has 142 valence electrons. The van der Waals surface area contributed by atoms with Crippen molar-refractivity contribution in [2.24, 2.45) is 5.92 Å². The summed E-state index contributed by atoms with van der Waals surface area (Å²) in [6.07, 6.45) is 1.59. The highest BCUT2D eigenvalue weighted by molar-refractivity contribution is 6.05. The molecule has 0 aliphatic carbocycles. The minimum Gasteiger partial charge on any atom is -0.410 e. The molecule has 7 heteroatoms. The highest BCUT2D eigenvalue weighted by Crippen LogP contribution is 2.19. The monoisotopic (exact) mass is 368 g/mol. The minimum absolute atomic E-state index is 0.283. The van der Waals surface area contributed by atoms with Crippen LogP contribution >= 0.6 is 0 Å². The number of rotatable bonds is 6. The molecule has 2 aromatic carbocycles. The normalized spacial score (nSPS) is 15.9. The van der Waals surface area contributed by atoms with Crippen molar-refractivity contribution in [3.8, 4) is 5.75 Å². The van der Waals surface area contributed by atoms with Crippen molar-refractivity contribution in [3.05, 3.63) is 54.1 Å². The van der Waals surface area contributed by atoms with Crippen molar-refractivity contribution < 1.29 is 14.3 Å². The van der Waals surface area contributed by atoms with E-state index in [0.717, 1.165) is 25.9 Å². The number of anilines is 2. The zero-order valence-electron chi connectivity index (χ0n) is 15.0. The molecule has 0 aromatic heterocycles. The van der Waals surface area contributed by atoms with Crippen molar-refractivity contribution in [3.63, 3.8) is 0 Å². The van der Waals surface area contributed by atoms with E-state index >= 15 is 0 Å². The van der Waals surface area contributed by atoms with Gasteiger partial charge in [0.2, 0.25) is 0 Å². The second-order valence-corrected chi connectivity index (χ2v) is 6.53. The number of para-hydroxylation sites is 2. The third-order valence-electron chi connectivity index (χ3n) is 4.52. The lowest BCUT2D eigenvalue weighted by molar-refractivity contribution is 0.102. The Morgan fingerprint density at radius 2 is 1.93 bits per heavy atom. The number of hydrogen-bond acceptors (Lipinski definition) is 5. The first-order valence-electron chi connectivity index (χ1n) is 9.04. The van der Waals surface area contributed by atoms with Crippen LogP contribution in [0.15, 0.2) is 48.5 Å².